The first-order chi connectivity index (χ1) is 7.69. The second-order valence-electron chi connectivity index (χ2n) is 3.31. The molecule has 0 aliphatic heterocycles. The zero-order valence-electron chi connectivity index (χ0n) is 8.65. The maximum absolute atomic E-state index is 5.95. The predicted octanol–water partition coefficient (Wildman–Crippen LogP) is 3.36. The van der Waals surface area contributed by atoms with Crippen molar-refractivity contribution in [2.24, 2.45) is 0 Å². The minimum absolute atomic E-state index is 0.634. The van der Waals surface area contributed by atoms with Crippen molar-refractivity contribution < 1.29 is 4.74 Å². The van der Waals surface area contributed by atoms with Gasteiger partial charge in [0, 0.05) is 16.8 Å². The Labute approximate surface area is 107 Å². The lowest BCUT2D eigenvalue weighted by Gasteiger charge is -2.08. The Hall–Kier alpha value is -1.00. The van der Waals surface area contributed by atoms with Gasteiger partial charge in [-0.05, 0) is 34.1 Å². The van der Waals surface area contributed by atoms with Crippen LogP contribution in [0.25, 0.3) is 0 Å². The number of hydrogen-bond acceptors (Lipinski definition) is 2. The van der Waals surface area contributed by atoms with Gasteiger partial charge in [-0.25, -0.2) is 0 Å². The average Bonchev–Trinajstić information content (AvgIpc) is 2.64. The van der Waals surface area contributed by atoms with Crippen LogP contribution >= 0.6 is 27.5 Å². The third-order valence-electron chi connectivity index (χ3n) is 2.18. The summed E-state index contributed by atoms with van der Waals surface area (Å²) in [6.07, 6.45) is 3.65. The highest BCUT2D eigenvalue weighted by atomic mass is 79.9. The summed E-state index contributed by atoms with van der Waals surface area (Å²) in [4.78, 5) is 0. The third kappa shape index (κ3) is 2.57. The van der Waals surface area contributed by atoms with Gasteiger partial charge in [0.25, 0.3) is 0 Å². The first-order valence-corrected chi connectivity index (χ1v) is 5.86. The van der Waals surface area contributed by atoms with Crippen molar-refractivity contribution in [1.29, 1.82) is 0 Å². The molecule has 1 aromatic carbocycles. The Morgan fingerprint density at radius 2 is 2.31 bits per heavy atom. The number of halogens is 2. The van der Waals surface area contributed by atoms with E-state index < -0.39 is 0 Å². The van der Waals surface area contributed by atoms with Gasteiger partial charge >= 0.3 is 0 Å². The summed E-state index contributed by atoms with van der Waals surface area (Å²) in [6, 6.07) is 5.55. The maximum atomic E-state index is 5.95. The van der Waals surface area contributed by atoms with Crippen LogP contribution in [0.15, 0.2) is 35.1 Å². The maximum Gasteiger partial charge on any atom is 0.124 e. The van der Waals surface area contributed by atoms with Crippen LogP contribution in [0.3, 0.4) is 0 Å². The van der Waals surface area contributed by atoms with E-state index in [1.807, 2.05) is 29.1 Å². The predicted molar refractivity (Wildman–Crippen MR) is 67.0 cm³/mol. The highest BCUT2D eigenvalue weighted by Gasteiger charge is 2.05. The summed E-state index contributed by atoms with van der Waals surface area (Å²) >= 11 is 9.31. The van der Waals surface area contributed by atoms with Gasteiger partial charge in [0.1, 0.15) is 5.75 Å². The SMILES string of the molecule is COc1ccc(Cl)cc1Cn1cc(Br)cn1. The zero-order valence-corrected chi connectivity index (χ0v) is 11.0. The molecule has 1 aromatic heterocycles. The Bertz CT molecular complexity index is 498. The number of methoxy groups -OCH3 is 1. The molecule has 0 saturated heterocycles. The summed E-state index contributed by atoms with van der Waals surface area (Å²) in [5.41, 5.74) is 1.01. The summed E-state index contributed by atoms with van der Waals surface area (Å²) in [5.74, 6) is 0.816. The molecule has 0 N–H and O–H groups in total. The molecule has 0 aliphatic rings. The Morgan fingerprint density at radius 3 is 2.94 bits per heavy atom. The minimum atomic E-state index is 0.634. The zero-order chi connectivity index (χ0) is 11.5. The van der Waals surface area contributed by atoms with E-state index in [9.17, 15) is 0 Å². The van der Waals surface area contributed by atoms with Gasteiger partial charge in [-0.15, -0.1) is 0 Å². The van der Waals surface area contributed by atoms with Gasteiger partial charge < -0.3 is 4.74 Å². The van der Waals surface area contributed by atoms with E-state index in [0.29, 0.717) is 11.6 Å². The first-order valence-electron chi connectivity index (χ1n) is 4.69. The van der Waals surface area contributed by atoms with E-state index in [1.165, 1.54) is 0 Å². The lowest BCUT2D eigenvalue weighted by molar-refractivity contribution is 0.407. The van der Waals surface area contributed by atoms with Crippen LogP contribution in [-0.2, 0) is 6.54 Å². The van der Waals surface area contributed by atoms with Crippen LogP contribution in [0.2, 0.25) is 5.02 Å². The fourth-order valence-electron chi connectivity index (χ4n) is 1.47. The lowest BCUT2D eigenvalue weighted by atomic mass is 10.2. The van der Waals surface area contributed by atoms with Crippen LogP contribution in [0.4, 0.5) is 0 Å². The first kappa shape index (κ1) is 11.5. The number of benzene rings is 1. The number of nitrogens with zero attached hydrogens (tertiary/aromatic N) is 2. The molecule has 0 saturated carbocycles. The van der Waals surface area contributed by atoms with E-state index in [1.54, 1.807) is 13.3 Å². The number of aromatic nitrogens is 2. The molecule has 16 heavy (non-hydrogen) atoms. The normalized spacial score (nSPS) is 10.4. The van der Waals surface area contributed by atoms with Crippen LogP contribution in [-0.4, -0.2) is 16.9 Å². The molecule has 0 amide bonds. The lowest BCUT2D eigenvalue weighted by Crippen LogP contribution is -2.02. The van der Waals surface area contributed by atoms with Crippen molar-refractivity contribution >= 4 is 27.5 Å². The van der Waals surface area contributed by atoms with Crippen molar-refractivity contribution in [1.82, 2.24) is 9.78 Å². The highest BCUT2D eigenvalue weighted by molar-refractivity contribution is 9.10. The third-order valence-corrected chi connectivity index (χ3v) is 2.82. The van der Waals surface area contributed by atoms with Gasteiger partial charge in [-0.2, -0.15) is 5.10 Å². The molecule has 3 nitrogen and oxygen atoms in total. The largest absolute Gasteiger partial charge is 0.496 e. The molecular weight excluding hydrogens is 291 g/mol. The fourth-order valence-corrected chi connectivity index (χ4v) is 1.99. The smallest absolute Gasteiger partial charge is 0.124 e. The second kappa shape index (κ2) is 4.89. The highest BCUT2D eigenvalue weighted by Crippen LogP contribution is 2.23. The van der Waals surface area contributed by atoms with E-state index in [-0.39, 0.29) is 0 Å². The van der Waals surface area contributed by atoms with Gasteiger partial charge in [-0.1, -0.05) is 11.6 Å². The molecular formula is C11H10BrClN2O. The molecule has 5 heteroatoms. The summed E-state index contributed by atoms with van der Waals surface area (Å²) in [6.45, 7) is 0.634. The van der Waals surface area contributed by atoms with Crippen LogP contribution < -0.4 is 4.74 Å². The topological polar surface area (TPSA) is 27.1 Å². The van der Waals surface area contributed by atoms with Crippen molar-refractivity contribution in [3.05, 3.63) is 45.7 Å². The number of ether oxygens (including phenoxy) is 1. The molecule has 84 valence electrons. The standard InChI is InChI=1S/C11H10BrClN2O/c1-16-11-3-2-10(13)4-8(11)6-15-7-9(12)5-14-15/h2-5,7H,6H2,1H3. The van der Waals surface area contributed by atoms with Crippen LogP contribution in [0.1, 0.15) is 5.56 Å². The second-order valence-corrected chi connectivity index (χ2v) is 4.66. The van der Waals surface area contributed by atoms with Gasteiger partial charge in [0.15, 0.2) is 0 Å². The molecule has 0 fully saturated rings. The van der Waals surface area contributed by atoms with Crippen molar-refractivity contribution in [2.75, 3.05) is 7.11 Å². The molecule has 0 atom stereocenters. The molecule has 0 unspecified atom stereocenters. The Kier molecular flexibility index (Phi) is 3.51. The summed E-state index contributed by atoms with van der Waals surface area (Å²) in [7, 11) is 1.64. The Balaban J connectivity index is 2.29. The molecule has 2 rings (SSSR count). The quantitative estimate of drug-likeness (QED) is 0.869. The molecule has 0 aliphatic carbocycles. The van der Waals surface area contributed by atoms with Gasteiger partial charge in [-0.3, -0.25) is 4.68 Å². The van der Waals surface area contributed by atoms with Crippen LogP contribution in [0, 0.1) is 0 Å². The van der Waals surface area contributed by atoms with Crippen molar-refractivity contribution in [2.45, 2.75) is 6.54 Å². The van der Waals surface area contributed by atoms with E-state index in [2.05, 4.69) is 21.0 Å². The van der Waals surface area contributed by atoms with E-state index >= 15 is 0 Å². The van der Waals surface area contributed by atoms with E-state index in [4.69, 9.17) is 16.3 Å². The van der Waals surface area contributed by atoms with Gasteiger partial charge in [0.2, 0.25) is 0 Å². The van der Waals surface area contributed by atoms with Gasteiger partial charge in [0.05, 0.1) is 24.3 Å². The number of rotatable bonds is 3. The Morgan fingerprint density at radius 1 is 1.50 bits per heavy atom. The van der Waals surface area contributed by atoms with Crippen LogP contribution in [0.5, 0.6) is 5.75 Å². The summed E-state index contributed by atoms with van der Waals surface area (Å²) < 4.78 is 8.04. The molecule has 0 radical (unpaired) electrons. The monoisotopic (exact) mass is 300 g/mol. The summed E-state index contributed by atoms with van der Waals surface area (Å²) in [5, 5.41) is 4.88. The molecule has 0 spiro atoms. The fraction of sp³-hybridized carbons (Fsp3) is 0.182. The minimum Gasteiger partial charge on any atom is -0.496 e. The molecule has 0 bridgehead atoms. The van der Waals surface area contributed by atoms with Crippen molar-refractivity contribution in [3.63, 3.8) is 0 Å². The van der Waals surface area contributed by atoms with Crippen molar-refractivity contribution in [3.8, 4) is 5.75 Å². The number of hydrogen-bond donors (Lipinski definition) is 0. The van der Waals surface area contributed by atoms with E-state index in [0.717, 1.165) is 15.8 Å². The average molecular weight is 302 g/mol. The molecule has 1 heterocycles. The molecule has 2 aromatic rings.